The van der Waals surface area contributed by atoms with Crippen molar-refractivity contribution >= 4 is 49.3 Å². The van der Waals surface area contributed by atoms with Gasteiger partial charge in [0.1, 0.15) is 6.54 Å². The minimum Gasteiger partial charge on any atom is -0.354 e. The van der Waals surface area contributed by atoms with Crippen LogP contribution in [-0.4, -0.2) is 38.4 Å². The van der Waals surface area contributed by atoms with Gasteiger partial charge in [0.2, 0.25) is 5.91 Å². The SMILES string of the molecule is Cc1ccc(S(=O)(=O)N(CC(=O)NCCSC2CCCC2)c2ccc(Br)cc2)cc1. The Hall–Kier alpha value is -1.51. The number of aryl methyl sites for hydroxylation is 1. The van der Waals surface area contributed by atoms with Crippen molar-refractivity contribution in [2.45, 2.75) is 42.8 Å². The van der Waals surface area contributed by atoms with Crippen molar-refractivity contribution in [2.24, 2.45) is 0 Å². The van der Waals surface area contributed by atoms with Crippen molar-refractivity contribution in [3.05, 3.63) is 58.6 Å². The summed E-state index contributed by atoms with van der Waals surface area (Å²) in [5.41, 5.74) is 1.43. The van der Waals surface area contributed by atoms with Crippen LogP contribution in [0.1, 0.15) is 31.2 Å². The third-order valence-electron chi connectivity index (χ3n) is 5.09. The van der Waals surface area contributed by atoms with Crippen LogP contribution in [0.15, 0.2) is 57.9 Å². The van der Waals surface area contributed by atoms with E-state index >= 15 is 0 Å². The predicted molar refractivity (Wildman–Crippen MR) is 128 cm³/mol. The number of hydrogen-bond acceptors (Lipinski definition) is 4. The first-order chi connectivity index (χ1) is 14.4. The van der Waals surface area contributed by atoms with E-state index in [0.717, 1.165) is 15.8 Å². The Labute approximate surface area is 191 Å². The molecular weight excluding hydrogens is 484 g/mol. The third-order valence-corrected chi connectivity index (χ3v) is 8.79. The molecule has 0 heterocycles. The molecule has 1 saturated carbocycles. The summed E-state index contributed by atoms with van der Waals surface area (Å²) in [6, 6.07) is 13.6. The molecule has 1 amide bonds. The average molecular weight is 512 g/mol. The molecule has 1 aliphatic rings. The Bertz CT molecular complexity index is 941. The van der Waals surface area contributed by atoms with Crippen molar-refractivity contribution in [1.82, 2.24) is 5.32 Å². The standard InChI is InChI=1S/C22H27BrN2O3S2/c1-17-6-12-21(13-7-17)30(27,28)25(19-10-8-18(23)9-11-19)16-22(26)24-14-15-29-20-4-2-3-5-20/h6-13,20H,2-5,14-16H2,1H3,(H,24,26). The highest BCUT2D eigenvalue weighted by molar-refractivity contribution is 9.10. The highest BCUT2D eigenvalue weighted by Crippen LogP contribution is 2.29. The molecule has 8 heteroatoms. The van der Waals surface area contributed by atoms with Gasteiger partial charge in [0.25, 0.3) is 10.0 Å². The van der Waals surface area contributed by atoms with Crippen molar-refractivity contribution in [3.63, 3.8) is 0 Å². The number of nitrogens with zero attached hydrogens (tertiary/aromatic N) is 1. The van der Waals surface area contributed by atoms with E-state index in [9.17, 15) is 13.2 Å². The molecule has 0 atom stereocenters. The van der Waals surface area contributed by atoms with Crippen molar-refractivity contribution in [2.75, 3.05) is 23.1 Å². The topological polar surface area (TPSA) is 66.5 Å². The zero-order valence-corrected chi connectivity index (χ0v) is 20.2. The second kappa shape index (κ2) is 10.7. The summed E-state index contributed by atoms with van der Waals surface area (Å²) in [7, 11) is -3.87. The zero-order valence-electron chi connectivity index (χ0n) is 17.0. The quantitative estimate of drug-likeness (QED) is 0.494. The van der Waals surface area contributed by atoms with Gasteiger partial charge in [-0.15, -0.1) is 0 Å². The lowest BCUT2D eigenvalue weighted by Gasteiger charge is -2.24. The molecule has 162 valence electrons. The van der Waals surface area contributed by atoms with Crippen LogP contribution in [0.4, 0.5) is 5.69 Å². The van der Waals surface area contributed by atoms with E-state index in [1.165, 1.54) is 30.0 Å². The van der Waals surface area contributed by atoms with Gasteiger partial charge >= 0.3 is 0 Å². The maximum atomic E-state index is 13.3. The third kappa shape index (κ3) is 6.25. The molecule has 0 unspecified atom stereocenters. The van der Waals surface area contributed by atoms with Crippen LogP contribution in [-0.2, 0) is 14.8 Å². The number of anilines is 1. The number of carbonyl (C=O) groups excluding carboxylic acids is 1. The first kappa shape index (κ1) is 23.2. The van der Waals surface area contributed by atoms with Gasteiger partial charge in [-0.3, -0.25) is 9.10 Å². The number of carbonyl (C=O) groups is 1. The van der Waals surface area contributed by atoms with Crippen molar-refractivity contribution in [3.8, 4) is 0 Å². The van der Waals surface area contributed by atoms with E-state index in [4.69, 9.17) is 0 Å². The first-order valence-corrected chi connectivity index (χ1v) is 13.4. The summed E-state index contributed by atoms with van der Waals surface area (Å²) in [5.74, 6) is 0.542. The van der Waals surface area contributed by atoms with Crippen LogP contribution in [0.5, 0.6) is 0 Å². The minimum absolute atomic E-state index is 0.167. The smallest absolute Gasteiger partial charge is 0.264 e. The van der Waals surface area contributed by atoms with Gasteiger partial charge in [-0.25, -0.2) is 8.42 Å². The van der Waals surface area contributed by atoms with Gasteiger partial charge in [-0.2, -0.15) is 11.8 Å². The van der Waals surface area contributed by atoms with E-state index in [1.807, 2.05) is 18.7 Å². The van der Waals surface area contributed by atoms with Crippen LogP contribution in [0.3, 0.4) is 0 Å². The fourth-order valence-corrected chi connectivity index (χ4v) is 6.32. The molecule has 3 rings (SSSR count). The Morgan fingerprint density at radius 2 is 1.73 bits per heavy atom. The lowest BCUT2D eigenvalue weighted by molar-refractivity contribution is -0.119. The summed E-state index contributed by atoms with van der Waals surface area (Å²) in [4.78, 5) is 12.8. The van der Waals surface area contributed by atoms with Crippen molar-refractivity contribution < 1.29 is 13.2 Å². The van der Waals surface area contributed by atoms with Crippen LogP contribution in [0.25, 0.3) is 0 Å². The lowest BCUT2D eigenvalue weighted by Crippen LogP contribution is -2.41. The molecule has 1 N–H and O–H groups in total. The second-order valence-electron chi connectivity index (χ2n) is 7.43. The van der Waals surface area contributed by atoms with Gasteiger partial charge < -0.3 is 5.32 Å². The van der Waals surface area contributed by atoms with E-state index < -0.39 is 10.0 Å². The normalized spacial score (nSPS) is 14.6. The Kier molecular flexibility index (Phi) is 8.25. The highest BCUT2D eigenvalue weighted by Gasteiger charge is 2.27. The molecule has 1 fully saturated rings. The molecular formula is C22H27BrN2O3S2. The van der Waals surface area contributed by atoms with Gasteiger partial charge in [0.15, 0.2) is 0 Å². The molecule has 2 aromatic rings. The van der Waals surface area contributed by atoms with E-state index in [-0.39, 0.29) is 17.3 Å². The number of thioether (sulfide) groups is 1. The summed E-state index contributed by atoms with van der Waals surface area (Å²) >= 11 is 5.26. The molecule has 5 nitrogen and oxygen atoms in total. The van der Waals surface area contributed by atoms with Crippen LogP contribution in [0.2, 0.25) is 0 Å². The molecule has 0 aromatic heterocycles. The zero-order chi connectivity index (χ0) is 21.6. The molecule has 0 spiro atoms. The lowest BCUT2D eigenvalue weighted by atomic mass is 10.2. The Balaban J connectivity index is 1.70. The minimum atomic E-state index is -3.87. The average Bonchev–Trinajstić information content (AvgIpc) is 3.24. The number of halogens is 1. The number of sulfonamides is 1. The van der Waals surface area contributed by atoms with Crippen LogP contribution >= 0.6 is 27.7 Å². The Morgan fingerprint density at radius 3 is 2.37 bits per heavy atom. The number of rotatable bonds is 9. The molecule has 30 heavy (non-hydrogen) atoms. The maximum absolute atomic E-state index is 13.3. The molecule has 0 radical (unpaired) electrons. The summed E-state index contributed by atoms with van der Waals surface area (Å²) in [5, 5.41) is 3.57. The van der Waals surface area contributed by atoms with E-state index in [0.29, 0.717) is 17.5 Å². The molecule has 2 aromatic carbocycles. The fraction of sp³-hybridized carbons (Fsp3) is 0.409. The van der Waals surface area contributed by atoms with Crippen LogP contribution < -0.4 is 9.62 Å². The molecule has 0 aliphatic heterocycles. The molecule has 1 aliphatic carbocycles. The summed E-state index contributed by atoms with van der Waals surface area (Å²) in [6.07, 6.45) is 5.10. The van der Waals surface area contributed by atoms with Gasteiger partial charge in [0, 0.05) is 22.0 Å². The van der Waals surface area contributed by atoms with Gasteiger partial charge in [-0.05, 0) is 56.2 Å². The number of nitrogens with one attached hydrogen (secondary N) is 1. The molecule has 0 saturated heterocycles. The van der Waals surface area contributed by atoms with Gasteiger partial charge in [0.05, 0.1) is 10.6 Å². The molecule has 0 bridgehead atoms. The number of benzene rings is 2. The first-order valence-electron chi connectivity index (χ1n) is 10.1. The van der Waals surface area contributed by atoms with E-state index in [2.05, 4.69) is 21.2 Å². The van der Waals surface area contributed by atoms with E-state index in [1.54, 1.807) is 48.5 Å². The van der Waals surface area contributed by atoms with Gasteiger partial charge in [-0.1, -0.05) is 46.5 Å². The second-order valence-corrected chi connectivity index (χ2v) is 11.6. The predicted octanol–water partition coefficient (Wildman–Crippen LogP) is 4.74. The van der Waals surface area contributed by atoms with Crippen LogP contribution in [0, 0.1) is 6.92 Å². The summed E-state index contributed by atoms with van der Waals surface area (Å²) in [6.45, 7) is 2.19. The highest BCUT2D eigenvalue weighted by atomic mass is 79.9. The largest absolute Gasteiger partial charge is 0.354 e. The maximum Gasteiger partial charge on any atom is 0.264 e. The summed E-state index contributed by atoms with van der Waals surface area (Å²) < 4.78 is 28.6. The monoisotopic (exact) mass is 510 g/mol. The number of hydrogen-bond donors (Lipinski definition) is 1. The Morgan fingerprint density at radius 1 is 1.10 bits per heavy atom. The van der Waals surface area contributed by atoms with Crippen molar-refractivity contribution in [1.29, 1.82) is 0 Å². The number of amides is 1. The fourth-order valence-electron chi connectivity index (χ4n) is 3.42.